The van der Waals surface area contributed by atoms with Crippen molar-refractivity contribution in [2.75, 3.05) is 18.5 Å². The average Bonchev–Trinajstić information content (AvgIpc) is 2.59. The number of nitrogens with one attached hydrogen (secondary N) is 1. The van der Waals surface area contributed by atoms with E-state index in [2.05, 4.69) is 12.2 Å². The molecule has 0 bridgehead atoms. The normalized spacial score (nSPS) is 10.2. The summed E-state index contributed by atoms with van der Waals surface area (Å²) in [6.45, 7) is 4.69. The lowest BCUT2D eigenvalue weighted by atomic mass is 10.1. The molecule has 0 saturated carbocycles. The van der Waals surface area contributed by atoms with Gasteiger partial charge in [0.2, 0.25) is 0 Å². The number of anilines is 1. The van der Waals surface area contributed by atoms with Gasteiger partial charge in [-0.25, -0.2) is 0 Å². The molecule has 122 valence electrons. The molecule has 0 aliphatic carbocycles. The monoisotopic (exact) mass is 313 g/mol. The molecule has 0 heterocycles. The van der Waals surface area contributed by atoms with E-state index in [1.165, 1.54) is 0 Å². The highest BCUT2D eigenvalue weighted by molar-refractivity contribution is 5.93. The first-order valence-corrected chi connectivity index (χ1v) is 7.97. The molecule has 0 aliphatic heterocycles. The average molecular weight is 313 g/mol. The maximum atomic E-state index is 12.1. The van der Waals surface area contributed by atoms with Crippen molar-refractivity contribution in [2.24, 2.45) is 0 Å². The third-order valence-corrected chi connectivity index (χ3v) is 3.34. The highest BCUT2D eigenvalue weighted by atomic mass is 16.5. The van der Waals surface area contributed by atoms with Crippen LogP contribution in [0.5, 0.6) is 11.5 Å². The Balaban J connectivity index is 1.95. The van der Waals surface area contributed by atoms with Crippen LogP contribution in [0.25, 0.3) is 0 Å². The van der Waals surface area contributed by atoms with Crippen LogP contribution in [0, 0.1) is 0 Å². The van der Waals surface area contributed by atoms with Gasteiger partial charge in [0.1, 0.15) is 11.5 Å². The maximum absolute atomic E-state index is 12.1. The Morgan fingerprint density at radius 3 is 2.39 bits per heavy atom. The summed E-state index contributed by atoms with van der Waals surface area (Å²) in [6, 6.07) is 15.2. The lowest BCUT2D eigenvalue weighted by molar-refractivity contribution is -0.118. The molecular weight excluding hydrogens is 290 g/mol. The molecule has 1 amide bonds. The fourth-order valence-corrected chi connectivity index (χ4v) is 2.17. The standard InChI is InChI=1S/C19H23NO3/c1-3-13-22-18-12-8-6-10-16(18)20-19(21)14-23-17-11-7-5-9-15(17)4-2/h5-12H,3-4,13-14H2,1-2H3,(H,20,21). The molecular formula is C19H23NO3. The van der Waals surface area contributed by atoms with Crippen molar-refractivity contribution < 1.29 is 14.3 Å². The van der Waals surface area contributed by atoms with Gasteiger partial charge in [-0.2, -0.15) is 0 Å². The number of ether oxygens (including phenoxy) is 2. The minimum atomic E-state index is -0.205. The van der Waals surface area contributed by atoms with Crippen LogP contribution in [0.1, 0.15) is 25.8 Å². The molecule has 2 rings (SSSR count). The van der Waals surface area contributed by atoms with Crippen molar-refractivity contribution in [1.29, 1.82) is 0 Å². The number of amides is 1. The van der Waals surface area contributed by atoms with Crippen molar-refractivity contribution in [2.45, 2.75) is 26.7 Å². The Morgan fingerprint density at radius 1 is 0.957 bits per heavy atom. The Bertz CT molecular complexity index is 640. The molecule has 0 radical (unpaired) electrons. The Hall–Kier alpha value is -2.49. The van der Waals surface area contributed by atoms with Gasteiger partial charge in [-0.3, -0.25) is 4.79 Å². The SMILES string of the molecule is CCCOc1ccccc1NC(=O)COc1ccccc1CC. The summed E-state index contributed by atoms with van der Waals surface area (Å²) < 4.78 is 11.3. The van der Waals surface area contributed by atoms with Crippen LogP contribution in [0.3, 0.4) is 0 Å². The first-order valence-electron chi connectivity index (χ1n) is 7.97. The zero-order valence-corrected chi connectivity index (χ0v) is 13.7. The van der Waals surface area contributed by atoms with Crippen LogP contribution >= 0.6 is 0 Å². The largest absolute Gasteiger partial charge is 0.491 e. The van der Waals surface area contributed by atoms with Gasteiger partial charge in [0.05, 0.1) is 12.3 Å². The predicted octanol–water partition coefficient (Wildman–Crippen LogP) is 4.06. The molecule has 4 nitrogen and oxygen atoms in total. The molecule has 23 heavy (non-hydrogen) atoms. The molecule has 0 aromatic heterocycles. The molecule has 1 N–H and O–H groups in total. The van der Waals surface area contributed by atoms with Crippen LogP contribution in [0.4, 0.5) is 5.69 Å². The fourth-order valence-electron chi connectivity index (χ4n) is 2.17. The summed E-state index contributed by atoms with van der Waals surface area (Å²) in [5.74, 6) is 1.22. The van der Waals surface area contributed by atoms with Crippen molar-refractivity contribution in [3.8, 4) is 11.5 Å². The van der Waals surface area contributed by atoms with E-state index >= 15 is 0 Å². The van der Waals surface area contributed by atoms with E-state index < -0.39 is 0 Å². The number of aryl methyl sites for hydroxylation is 1. The van der Waals surface area contributed by atoms with Crippen LogP contribution in [-0.4, -0.2) is 19.1 Å². The Labute approximate surface area is 137 Å². The zero-order valence-electron chi connectivity index (χ0n) is 13.7. The number of para-hydroxylation sites is 3. The number of benzene rings is 2. The van der Waals surface area contributed by atoms with Gasteiger partial charge < -0.3 is 14.8 Å². The summed E-state index contributed by atoms with van der Waals surface area (Å²) in [7, 11) is 0. The topological polar surface area (TPSA) is 47.6 Å². The van der Waals surface area contributed by atoms with E-state index in [0.717, 1.165) is 24.2 Å². The predicted molar refractivity (Wildman–Crippen MR) is 92.2 cm³/mol. The van der Waals surface area contributed by atoms with E-state index in [1.807, 2.05) is 55.5 Å². The Kier molecular flexibility index (Phi) is 6.48. The number of rotatable bonds is 8. The molecule has 0 aliphatic rings. The minimum absolute atomic E-state index is 0.0286. The van der Waals surface area contributed by atoms with Crippen LogP contribution in [0.2, 0.25) is 0 Å². The van der Waals surface area contributed by atoms with Gasteiger partial charge in [0, 0.05) is 0 Å². The van der Waals surface area contributed by atoms with E-state index in [0.29, 0.717) is 18.0 Å². The molecule has 2 aromatic carbocycles. The Morgan fingerprint density at radius 2 is 1.65 bits per heavy atom. The summed E-state index contributed by atoms with van der Waals surface area (Å²) in [4.78, 5) is 12.1. The third-order valence-electron chi connectivity index (χ3n) is 3.34. The number of hydrogen-bond donors (Lipinski definition) is 1. The molecule has 0 saturated heterocycles. The van der Waals surface area contributed by atoms with Gasteiger partial charge in [-0.15, -0.1) is 0 Å². The van der Waals surface area contributed by atoms with Crippen molar-refractivity contribution in [3.05, 3.63) is 54.1 Å². The summed E-state index contributed by atoms with van der Waals surface area (Å²) >= 11 is 0. The van der Waals surface area contributed by atoms with Gasteiger partial charge in [0.25, 0.3) is 5.91 Å². The molecule has 2 aromatic rings. The van der Waals surface area contributed by atoms with Gasteiger partial charge in [-0.05, 0) is 36.6 Å². The molecule has 0 fully saturated rings. The first kappa shape index (κ1) is 16.9. The lowest BCUT2D eigenvalue weighted by Crippen LogP contribution is -2.21. The van der Waals surface area contributed by atoms with E-state index in [9.17, 15) is 4.79 Å². The first-order chi connectivity index (χ1) is 11.2. The molecule has 0 spiro atoms. The molecule has 0 atom stereocenters. The van der Waals surface area contributed by atoms with Gasteiger partial charge in [-0.1, -0.05) is 44.2 Å². The number of carbonyl (C=O) groups excluding carboxylic acids is 1. The second-order valence-electron chi connectivity index (χ2n) is 5.14. The maximum Gasteiger partial charge on any atom is 0.262 e. The number of carbonyl (C=O) groups is 1. The molecule has 4 heteroatoms. The summed E-state index contributed by atoms with van der Waals surface area (Å²) in [6.07, 6.45) is 1.78. The lowest BCUT2D eigenvalue weighted by Gasteiger charge is -2.13. The quantitative estimate of drug-likeness (QED) is 0.799. The van der Waals surface area contributed by atoms with Gasteiger partial charge >= 0.3 is 0 Å². The minimum Gasteiger partial charge on any atom is -0.491 e. The van der Waals surface area contributed by atoms with E-state index in [1.54, 1.807) is 0 Å². The second-order valence-corrected chi connectivity index (χ2v) is 5.14. The fraction of sp³-hybridized carbons (Fsp3) is 0.316. The summed E-state index contributed by atoms with van der Waals surface area (Å²) in [5, 5.41) is 2.84. The van der Waals surface area contributed by atoms with Crippen LogP contribution in [0.15, 0.2) is 48.5 Å². The van der Waals surface area contributed by atoms with Gasteiger partial charge in [0.15, 0.2) is 6.61 Å². The summed E-state index contributed by atoms with van der Waals surface area (Å²) in [5.41, 5.74) is 1.75. The van der Waals surface area contributed by atoms with Crippen LogP contribution in [-0.2, 0) is 11.2 Å². The van der Waals surface area contributed by atoms with Crippen molar-refractivity contribution >= 4 is 11.6 Å². The smallest absolute Gasteiger partial charge is 0.262 e. The zero-order chi connectivity index (χ0) is 16.5. The van der Waals surface area contributed by atoms with Crippen molar-refractivity contribution in [3.63, 3.8) is 0 Å². The third kappa shape index (κ3) is 5.02. The number of hydrogen-bond acceptors (Lipinski definition) is 3. The molecule has 0 unspecified atom stereocenters. The van der Waals surface area contributed by atoms with Crippen LogP contribution < -0.4 is 14.8 Å². The highest BCUT2D eigenvalue weighted by Crippen LogP contribution is 2.24. The second kappa shape index (κ2) is 8.83. The van der Waals surface area contributed by atoms with E-state index in [4.69, 9.17) is 9.47 Å². The van der Waals surface area contributed by atoms with E-state index in [-0.39, 0.29) is 12.5 Å². The van der Waals surface area contributed by atoms with Crippen molar-refractivity contribution in [1.82, 2.24) is 0 Å². The highest BCUT2D eigenvalue weighted by Gasteiger charge is 2.09.